The second-order valence-corrected chi connectivity index (χ2v) is 7.24. The van der Waals surface area contributed by atoms with E-state index in [4.69, 9.17) is 4.74 Å². The van der Waals surface area contributed by atoms with Gasteiger partial charge in [0.1, 0.15) is 5.75 Å². The largest absolute Gasteiger partial charge is 0.497 e. The molecule has 0 aliphatic carbocycles. The molecule has 3 aromatic rings. The second-order valence-electron chi connectivity index (χ2n) is 7.24. The fourth-order valence-electron chi connectivity index (χ4n) is 3.43. The van der Waals surface area contributed by atoms with Crippen LogP contribution in [0.1, 0.15) is 42.6 Å². The highest BCUT2D eigenvalue weighted by Gasteiger charge is 2.17. The molecule has 0 aliphatic heterocycles. The number of nitrogens with zero attached hydrogens (tertiary/aromatic N) is 1. The number of carbonyl (C=O) groups excluding carboxylic acids is 2. The lowest BCUT2D eigenvalue weighted by atomic mass is 9.97. The zero-order valence-corrected chi connectivity index (χ0v) is 17.9. The van der Waals surface area contributed by atoms with E-state index in [2.05, 4.69) is 5.32 Å². The maximum atomic E-state index is 12.8. The van der Waals surface area contributed by atoms with Crippen molar-refractivity contribution in [1.29, 1.82) is 0 Å². The first-order chi connectivity index (χ1) is 14.5. The van der Waals surface area contributed by atoms with Crippen LogP contribution in [-0.4, -0.2) is 36.9 Å². The summed E-state index contributed by atoms with van der Waals surface area (Å²) in [5, 5.41) is 5.08. The van der Waals surface area contributed by atoms with E-state index in [1.165, 1.54) is 0 Å². The predicted molar refractivity (Wildman–Crippen MR) is 121 cm³/mol. The minimum atomic E-state index is -0.312. The minimum absolute atomic E-state index is 0.000890. The van der Waals surface area contributed by atoms with Gasteiger partial charge in [-0.2, -0.15) is 0 Å². The van der Waals surface area contributed by atoms with Crippen molar-refractivity contribution in [2.24, 2.45) is 0 Å². The molecule has 0 unspecified atom stereocenters. The predicted octanol–water partition coefficient (Wildman–Crippen LogP) is 5.07. The third-order valence-electron chi connectivity index (χ3n) is 5.41. The summed E-state index contributed by atoms with van der Waals surface area (Å²) in [6, 6.07) is 18.9. The van der Waals surface area contributed by atoms with E-state index >= 15 is 0 Å². The topological polar surface area (TPSA) is 58.6 Å². The van der Waals surface area contributed by atoms with E-state index in [1.807, 2.05) is 57.2 Å². The molecule has 156 valence electrons. The lowest BCUT2D eigenvalue weighted by Gasteiger charge is -2.19. The molecule has 3 aromatic carbocycles. The third kappa shape index (κ3) is 4.62. The lowest BCUT2D eigenvalue weighted by Crippen LogP contribution is -2.30. The molecule has 1 atom stereocenters. The Morgan fingerprint density at radius 3 is 2.20 bits per heavy atom. The molecule has 2 amide bonds. The van der Waals surface area contributed by atoms with Crippen LogP contribution in [0.5, 0.6) is 5.75 Å². The summed E-state index contributed by atoms with van der Waals surface area (Å²) < 4.78 is 5.27. The molecule has 0 saturated carbocycles. The summed E-state index contributed by atoms with van der Waals surface area (Å²) in [4.78, 5) is 26.9. The van der Waals surface area contributed by atoms with Gasteiger partial charge in [0.25, 0.3) is 5.91 Å². The SMILES string of the molecule is CCN(CC)C(=O)c1ccc(NC(=O)[C@@H](C)c2ccc3cc(OC)ccc3c2)cc1. The summed E-state index contributed by atoms with van der Waals surface area (Å²) in [6.45, 7) is 7.15. The lowest BCUT2D eigenvalue weighted by molar-refractivity contribution is -0.117. The number of benzene rings is 3. The van der Waals surface area contributed by atoms with E-state index < -0.39 is 0 Å². The minimum Gasteiger partial charge on any atom is -0.497 e. The normalized spacial score (nSPS) is 11.7. The fraction of sp³-hybridized carbons (Fsp3) is 0.280. The second kappa shape index (κ2) is 9.44. The monoisotopic (exact) mass is 404 g/mol. The van der Waals surface area contributed by atoms with Crippen LogP contribution in [0.4, 0.5) is 5.69 Å². The number of ether oxygens (including phenoxy) is 1. The standard InChI is InChI=1S/C25H28N2O3/c1-5-27(6-2)25(29)18-9-12-22(13-10-18)26-24(28)17(3)19-7-8-21-16-23(30-4)14-11-20(21)15-19/h7-17H,5-6H2,1-4H3,(H,26,28)/t17-/m0/s1. The van der Waals surface area contributed by atoms with Crippen LogP contribution >= 0.6 is 0 Å². The van der Waals surface area contributed by atoms with Crippen molar-refractivity contribution >= 4 is 28.3 Å². The van der Waals surface area contributed by atoms with E-state index in [-0.39, 0.29) is 17.7 Å². The van der Waals surface area contributed by atoms with Crippen molar-refractivity contribution in [2.45, 2.75) is 26.7 Å². The van der Waals surface area contributed by atoms with Gasteiger partial charge in [-0.25, -0.2) is 0 Å². The van der Waals surface area contributed by atoms with Crippen LogP contribution in [0.25, 0.3) is 10.8 Å². The van der Waals surface area contributed by atoms with Crippen LogP contribution < -0.4 is 10.1 Å². The van der Waals surface area contributed by atoms with Crippen molar-refractivity contribution in [3.05, 3.63) is 71.8 Å². The molecule has 3 rings (SSSR count). The van der Waals surface area contributed by atoms with Gasteiger partial charge in [-0.05, 0) is 73.5 Å². The van der Waals surface area contributed by atoms with Crippen molar-refractivity contribution in [3.63, 3.8) is 0 Å². The molecule has 0 spiro atoms. The van der Waals surface area contributed by atoms with Crippen LogP contribution in [0, 0.1) is 0 Å². The number of hydrogen-bond acceptors (Lipinski definition) is 3. The van der Waals surface area contributed by atoms with Crippen molar-refractivity contribution in [1.82, 2.24) is 4.90 Å². The summed E-state index contributed by atoms with van der Waals surface area (Å²) in [5.41, 5.74) is 2.24. The number of fused-ring (bicyclic) bond motifs is 1. The quantitative estimate of drug-likeness (QED) is 0.598. The van der Waals surface area contributed by atoms with Crippen molar-refractivity contribution < 1.29 is 14.3 Å². The Kier molecular flexibility index (Phi) is 6.72. The average molecular weight is 405 g/mol. The Balaban J connectivity index is 1.71. The van der Waals surface area contributed by atoms with Gasteiger partial charge in [0.2, 0.25) is 5.91 Å². The molecule has 0 bridgehead atoms. The molecule has 0 aliphatic rings. The molecule has 30 heavy (non-hydrogen) atoms. The molecule has 0 saturated heterocycles. The van der Waals surface area contributed by atoms with Gasteiger partial charge in [-0.15, -0.1) is 0 Å². The molecule has 1 N–H and O–H groups in total. The first-order valence-electron chi connectivity index (χ1n) is 10.2. The van der Waals surface area contributed by atoms with Crippen LogP contribution in [-0.2, 0) is 4.79 Å². The summed E-state index contributed by atoms with van der Waals surface area (Å²) >= 11 is 0. The number of nitrogens with one attached hydrogen (secondary N) is 1. The van der Waals surface area contributed by atoms with Gasteiger partial charge in [0.05, 0.1) is 13.0 Å². The Morgan fingerprint density at radius 2 is 1.57 bits per heavy atom. The van der Waals surface area contributed by atoms with Crippen LogP contribution in [0.15, 0.2) is 60.7 Å². The smallest absolute Gasteiger partial charge is 0.253 e. The molecule has 5 heteroatoms. The number of hydrogen-bond donors (Lipinski definition) is 1. The van der Waals surface area contributed by atoms with E-state index in [0.29, 0.717) is 24.3 Å². The molecular formula is C25H28N2O3. The number of anilines is 1. The maximum absolute atomic E-state index is 12.8. The van der Waals surface area contributed by atoms with Gasteiger partial charge in [-0.3, -0.25) is 9.59 Å². The van der Waals surface area contributed by atoms with Crippen molar-refractivity contribution in [3.8, 4) is 5.75 Å². The molecule has 0 heterocycles. The summed E-state index contributed by atoms with van der Waals surface area (Å²) in [5.74, 6) is 0.405. The van der Waals surface area contributed by atoms with Crippen molar-refractivity contribution in [2.75, 3.05) is 25.5 Å². The Hall–Kier alpha value is -3.34. The van der Waals surface area contributed by atoms with Crippen LogP contribution in [0.3, 0.4) is 0 Å². The molecule has 0 aromatic heterocycles. The highest BCUT2D eigenvalue weighted by molar-refractivity contribution is 5.98. The first kappa shape index (κ1) is 21.4. The van der Waals surface area contributed by atoms with E-state index in [0.717, 1.165) is 22.1 Å². The highest BCUT2D eigenvalue weighted by Crippen LogP contribution is 2.26. The van der Waals surface area contributed by atoms with Gasteiger partial charge in [0.15, 0.2) is 0 Å². The number of rotatable bonds is 7. The molecule has 0 fully saturated rings. The van der Waals surface area contributed by atoms with E-state index in [9.17, 15) is 9.59 Å². The molecule has 0 radical (unpaired) electrons. The molecule has 5 nitrogen and oxygen atoms in total. The van der Waals surface area contributed by atoms with Gasteiger partial charge in [0, 0.05) is 24.3 Å². The highest BCUT2D eigenvalue weighted by atomic mass is 16.5. The molecular weight excluding hydrogens is 376 g/mol. The third-order valence-corrected chi connectivity index (χ3v) is 5.41. The Morgan fingerprint density at radius 1 is 0.933 bits per heavy atom. The van der Waals surface area contributed by atoms with Gasteiger partial charge < -0.3 is 15.0 Å². The van der Waals surface area contributed by atoms with Gasteiger partial charge in [-0.1, -0.05) is 24.3 Å². The first-order valence-corrected chi connectivity index (χ1v) is 10.2. The summed E-state index contributed by atoms with van der Waals surface area (Å²) in [6.07, 6.45) is 0. The zero-order chi connectivity index (χ0) is 21.7. The van der Waals surface area contributed by atoms with E-state index in [1.54, 1.807) is 36.3 Å². The maximum Gasteiger partial charge on any atom is 0.253 e. The number of methoxy groups -OCH3 is 1. The number of carbonyl (C=O) groups is 2. The Labute approximate surface area is 177 Å². The fourth-order valence-corrected chi connectivity index (χ4v) is 3.43. The zero-order valence-electron chi connectivity index (χ0n) is 17.9. The number of amides is 2. The summed E-state index contributed by atoms with van der Waals surface area (Å²) in [7, 11) is 1.65. The Bertz CT molecular complexity index is 1040. The van der Waals surface area contributed by atoms with Crippen LogP contribution in [0.2, 0.25) is 0 Å². The van der Waals surface area contributed by atoms with Gasteiger partial charge >= 0.3 is 0 Å². The average Bonchev–Trinajstić information content (AvgIpc) is 2.79.